The van der Waals surface area contributed by atoms with Crippen molar-refractivity contribution in [3.63, 3.8) is 0 Å². The molecule has 1 aliphatic carbocycles. The van der Waals surface area contributed by atoms with Crippen molar-refractivity contribution in [3.05, 3.63) is 59.7 Å². The first-order chi connectivity index (χ1) is 13.2. The van der Waals surface area contributed by atoms with Gasteiger partial charge in [-0.05, 0) is 60.6 Å². The summed E-state index contributed by atoms with van der Waals surface area (Å²) in [4.78, 5) is 12.6. The van der Waals surface area contributed by atoms with Crippen LogP contribution in [0.1, 0.15) is 49.3 Å². The Kier molecular flexibility index (Phi) is 6.74. The molecule has 1 unspecified atom stereocenters. The van der Waals surface area contributed by atoms with Crippen LogP contribution in [0.25, 0.3) is 0 Å². The lowest BCUT2D eigenvalue weighted by molar-refractivity contribution is -0.122. The van der Waals surface area contributed by atoms with Gasteiger partial charge in [0.25, 0.3) is 0 Å². The molecule has 1 amide bonds. The molecular formula is C23H29NO3. The van der Waals surface area contributed by atoms with E-state index in [-0.39, 0.29) is 11.9 Å². The highest BCUT2D eigenvalue weighted by Gasteiger charge is 2.21. The van der Waals surface area contributed by atoms with E-state index in [0.717, 1.165) is 29.0 Å². The topological polar surface area (TPSA) is 47.6 Å². The molecule has 0 aromatic heterocycles. The highest BCUT2D eigenvalue weighted by atomic mass is 16.5. The third kappa shape index (κ3) is 5.49. The van der Waals surface area contributed by atoms with E-state index in [1.54, 1.807) is 14.2 Å². The number of nitrogens with one attached hydrogen (secondary N) is 1. The first kappa shape index (κ1) is 19.3. The summed E-state index contributed by atoms with van der Waals surface area (Å²) in [5, 5.41) is 3.26. The lowest BCUT2D eigenvalue weighted by atomic mass is 9.97. The summed E-state index contributed by atoms with van der Waals surface area (Å²) in [5.41, 5.74) is 2.25. The summed E-state index contributed by atoms with van der Waals surface area (Å²) >= 11 is 0. The Hall–Kier alpha value is -2.49. The number of hydrogen-bond donors (Lipinski definition) is 1. The van der Waals surface area contributed by atoms with E-state index >= 15 is 0 Å². The van der Waals surface area contributed by atoms with Crippen LogP contribution in [0.3, 0.4) is 0 Å². The average molecular weight is 367 g/mol. The molecule has 27 heavy (non-hydrogen) atoms. The highest BCUT2D eigenvalue weighted by molar-refractivity contribution is 5.76. The van der Waals surface area contributed by atoms with E-state index in [0.29, 0.717) is 12.3 Å². The molecule has 3 rings (SSSR count). The fourth-order valence-corrected chi connectivity index (χ4v) is 3.82. The molecule has 0 bridgehead atoms. The summed E-state index contributed by atoms with van der Waals surface area (Å²) in [6, 6.07) is 15.9. The number of carbonyl (C=O) groups excluding carboxylic acids is 1. The van der Waals surface area contributed by atoms with Gasteiger partial charge in [-0.1, -0.05) is 37.1 Å². The van der Waals surface area contributed by atoms with Gasteiger partial charge < -0.3 is 14.8 Å². The second-order valence-electron chi connectivity index (χ2n) is 7.30. The molecule has 0 spiro atoms. The number of benzene rings is 2. The van der Waals surface area contributed by atoms with Gasteiger partial charge in [0.1, 0.15) is 11.5 Å². The maximum atomic E-state index is 12.6. The van der Waals surface area contributed by atoms with Crippen LogP contribution in [-0.2, 0) is 11.2 Å². The first-order valence-corrected chi connectivity index (χ1v) is 9.74. The molecule has 4 nitrogen and oxygen atoms in total. The van der Waals surface area contributed by atoms with E-state index in [1.165, 1.54) is 25.7 Å². The summed E-state index contributed by atoms with van der Waals surface area (Å²) < 4.78 is 10.5. The molecule has 2 aromatic carbocycles. The van der Waals surface area contributed by atoms with E-state index in [9.17, 15) is 4.79 Å². The van der Waals surface area contributed by atoms with Crippen molar-refractivity contribution in [2.75, 3.05) is 14.2 Å². The zero-order valence-corrected chi connectivity index (χ0v) is 16.2. The van der Waals surface area contributed by atoms with Crippen LogP contribution >= 0.6 is 0 Å². The van der Waals surface area contributed by atoms with Crippen molar-refractivity contribution in [1.82, 2.24) is 5.32 Å². The molecule has 144 valence electrons. The minimum Gasteiger partial charge on any atom is -0.497 e. The van der Waals surface area contributed by atoms with Crippen LogP contribution in [0.4, 0.5) is 0 Å². The van der Waals surface area contributed by atoms with Crippen molar-refractivity contribution >= 4 is 5.91 Å². The zero-order valence-electron chi connectivity index (χ0n) is 16.2. The standard InChI is InChI=1S/C23H29NO3/c1-26-20-11-7-18(8-12-20)15-22(19-9-13-21(27-2)14-10-19)24-23(25)16-17-5-3-4-6-17/h7-14,17,22H,3-6,15-16H2,1-2H3,(H,24,25). The Morgan fingerprint density at radius 1 is 0.963 bits per heavy atom. The summed E-state index contributed by atoms with van der Waals surface area (Å²) in [7, 11) is 3.33. The third-order valence-corrected chi connectivity index (χ3v) is 5.40. The molecule has 4 heteroatoms. The molecule has 1 atom stereocenters. The van der Waals surface area contributed by atoms with Crippen molar-refractivity contribution in [2.24, 2.45) is 5.92 Å². The van der Waals surface area contributed by atoms with Crippen LogP contribution < -0.4 is 14.8 Å². The number of rotatable bonds is 8. The van der Waals surface area contributed by atoms with Gasteiger partial charge in [0.05, 0.1) is 20.3 Å². The molecule has 1 aliphatic rings. The molecule has 0 aliphatic heterocycles. The minimum atomic E-state index is -0.0572. The minimum absolute atomic E-state index is 0.0572. The SMILES string of the molecule is COc1ccc(CC(NC(=O)CC2CCCC2)c2ccc(OC)cc2)cc1. The summed E-state index contributed by atoms with van der Waals surface area (Å²) in [6.45, 7) is 0. The summed E-state index contributed by atoms with van der Waals surface area (Å²) in [6.07, 6.45) is 6.25. The largest absolute Gasteiger partial charge is 0.497 e. The molecule has 0 saturated heterocycles. The average Bonchev–Trinajstić information content (AvgIpc) is 3.21. The second kappa shape index (κ2) is 9.45. The highest BCUT2D eigenvalue weighted by Crippen LogP contribution is 2.28. The Balaban J connectivity index is 1.72. The van der Waals surface area contributed by atoms with Gasteiger partial charge in [-0.25, -0.2) is 0 Å². The number of amides is 1. The maximum Gasteiger partial charge on any atom is 0.220 e. The van der Waals surface area contributed by atoms with Crippen LogP contribution in [0.5, 0.6) is 11.5 Å². The van der Waals surface area contributed by atoms with Crippen molar-refractivity contribution in [2.45, 2.75) is 44.6 Å². The number of carbonyl (C=O) groups is 1. The van der Waals surface area contributed by atoms with Gasteiger partial charge in [0.15, 0.2) is 0 Å². The Labute approximate surface area is 161 Å². The predicted octanol–water partition coefficient (Wildman–Crippen LogP) is 4.68. The second-order valence-corrected chi connectivity index (χ2v) is 7.30. The lowest BCUT2D eigenvalue weighted by Gasteiger charge is -2.21. The van der Waals surface area contributed by atoms with E-state index in [2.05, 4.69) is 17.4 Å². The molecule has 1 N–H and O–H groups in total. The third-order valence-electron chi connectivity index (χ3n) is 5.40. The van der Waals surface area contributed by atoms with Gasteiger partial charge in [-0.15, -0.1) is 0 Å². The van der Waals surface area contributed by atoms with E-state index in [1.807, 2.05) is 36.4 Å². The Morgan fingerprint density at radius 3 is 2.07 bits per heavy atom. The van der Waals surface area contributed by atoms with Gasteiger partial charge in [-0.3, -0.25) is 4.79 Å². The fraction of sp³-hybridized carbons (Fsp3) is 0.435. The lowest BCUT2D eigenvalue weighted by Crippen LogP contribution is -2.31. The van der Waals surface area contributed by atoms with Crippen LogP contribution in [0, 0.1) is 5.92 Å². The fourth-order valence-electron chi connectivity index (χ4n) is 3.82. The number of ether oxygens (including phenoxy) is 2. The van der Waals surface area contributed by atoms with Crippen molar-refractivity contribution < 1.29 is 14.3 Å². The quantitative estimate of drug-likeness (QED) is 0.737. The van der Waals surface area contributed by atoms with Crippen molar-refractivity contribution in [1.29, 1.82) is 0 Å². The molecule has 1 fully saturated rings. The summed E-state index contributed by atoms with van der Waals surface area (Å²) in [5.74, 6) is 2.35. The number of hydrogen-bond acceptors (Lipinski definition) is 3. The molecule has 0 radical (unpaired) electrons. The molecular weight excluding hydrogens is 338 g/mol. The van der Waals surface area contributed by atoms with Gasteiger partial charge >= 0.3 is 0 Å². The van der Waals surface area contributed by atoms with Crippen LogP contribution in [0.2, 0.25) is 0 Å². The van der Waals surface area contributed by atoms with Crippen molar-refractivity contribution in [3.8, 4) is 11.5 Å². The Morgan fingerprint density at radius 2 is 1.52 bits per heavy atom. The molecule has 2 aromatic rings. The smallest absolute Gasteiger partial charge is 0.220 e. The molecule has 0 heterocycles. The van der Waals surface area contributed by atoms with Crippen LogP contribution in [0.15, 0.2) is 48.5 Å². The van der Waals surface area contributed by atoms with E-state index < -0.39 is 0 Å². The van der Waals surface area contributed by atoms with Gasteiger partial charge in [0.2, 0.25) is 5.91 Å². The van der Waals surface area contributed by atoms with Crippen LogP contribution in [-0.4, -0.2) is 20.1 Å². The maximum absolute atomic E-state index is 12.6. The van der Waals surface area contributed by atoms with Gasteiger partial charge in [0, 0.05) is 6.42 Å². The monoisotopic (exact) mass is 367 g/mol. The van der Waals surface area contributed by atoms with E-state index in [4.69, 9.17) is 9.47 Å². The Bertz CT molecular complexity index is 718. The normalized spacial score (nSPS) is 15.3. The first-order valence-electron chi connectivity index (χ1n) is 9.74. The molecule has 1 saturated carbocycles. The number of methoxy groups -OCH3 is 2. The predicted molar refractivity (Wildman–Crippen MR) is 107 cm³/mol. The van der Waals surface area contributed by atoms with Gasteiger partial charge in [-0.2, -0.15) is 0 Å². The zero-order chi connectivity index (χ0) is 19.1.